The normalized spacial score (nSPS) is 11.9. The number of benzene rings is 2. The van der Waals surface area contributed by atoms with E-state index in [0.717, 1.165) is 17.7 Å². The molecule has 1 aromatic heterocycles. The van der Waals surface area contributed by atoms with Gasteiger partial charge < -0.3 is 4.74 Å². The minimum Gasteiger partial charge on any atom is -0.456 e. The number of nitrogens with zero attached hydrogens (tertiary/aromatic N) is 3. The lowest BCUT2D eigenvalue weighted by Gasteiger charge is -2.25. The fraction of sp³-hybridized carbons (Fsp3) is 0.0455. The van der Waals surface area contributed by atoms with Gasteiger partial charge in [-0.05, 0) is 42.3 Å². The van der Waals surface area contributed by atoms with E-state index in [0.29, 0.717) is 22.2 Å². The van der Waals surface area contributed by atoms with E-state index in [1.807, 2.05) is 36.4 Å². The molecule has 7 nitrogen and oxygen atoms in total. The molecule has 8 heteroatoms. The van der Waals surface area contributed by atoms with Crippen LogP contribution >= 0.6 is 11.6 Å². The van der Waals surface area contributed by atoms with Gasteiger partial charge in [0.15, 0.2) is 0 Å². The second kappa shape index (κ2) is 8.55. The standard InChI is InChI=1S/C22H16ClN5O2/c23-19-13-16(7-8-21(19)30-18-9-10-25-17(12-18)14-24)26-27-22(29)28-11-3-5-15-4-1-2-6-20(15)28/h1-4,6-13,26H,5H2,(H,27,29). The van der Waals surface area contributed by atoms with Crippen molar-refractivity contribution in [2.45, 2.75) is 6.42 Å². The van der Waals surface area contributed by atoms with Crippen LogP contribution in [0.3, 0.4) is 0 Å². The number of pyridine rings is 1. The average Bonchev–Trinajstić information content (AvgIpc) is 2.79. The summed E-state index contributed by atoms with van der Waals surface area (Å²) in [5, 5.41) is 9.27. The van der Waals surface area contributed by atoms with E-state index in [2.05, 4.69) is 15.8 Å². The summed E-state index contributed by atoms with van der Waals surface area (Å²) in [5.74, 6) is 0.865. The Labute approximate surface area is 178 Å². The van der Waals surface area contributed by atoms with Crippen molar-refractivity contribution in [3.63, 3.8) is 0 Å². The Hall–Kier alpha value is -4.02. The first-order chi connectivity index (χ1) is 14.6. The molecule has 0 unspecified atom stereocenters. The van der Waals surface area contributed by atoms with Crippen LogP contribution in [-0.4, -0.2) is 11.0 Å². The summed E-state index contributed by atoms with van der Waals surface area (Å²) < 4.78 is 5.71. The number of aromatic nitrogens is 1. The van der Waals surface area contributed by atoms with Gasteiger partial charge in [0.1, 0.15) is 23.3 Å². The molecule has 0 bridgehead atoms. The highest BCUT2D eigenvalue weighted by Crippen LogP contribution is 2.31. The van der Waals surface area contributed by atoms with Gasteiger partial charge in [-0.1, -0.05) is 35.9 Å². The van der Waals surface area contributed by atoms with Crippen molar-refractivity contribution in [3.8, 4) is 17.6 Å². The molecule has 4 rings (SSSR count). The first-order valence-electron chi connectivity index (χ1n) is 9.07. The second-order valence-corrected chi connectivity index (χ2v) is 6.79. The lowest BCUT2D eigenvalue weighted by molar-refractivity contribution is 0.250. The highest BCUT2D eigenvalue weighted by atomic mass is 35.5. The molecule has 1 aliphatic rings. The predicted octanol–water partition coefficient (Wildman–Crippen LogP) is 5.01. The van der Waals surface area contributed by atoms with Gasteiger partial charge in [0, 0.05) is 18.5 Å². The van der Waals surface area contributed by atoms with E-state index < -0.39 is 0 Å². The Balaban J connectivity index is 1.41. The molecule has 2 heterocycles. The van der Waals surface area contributed by atoms with Crippen LogP contribution in [0, 0.1) is 11.3 Å². The van der Waals surface area contributed by atoms with Crippen LogP contribution < -0.4 is 20.5 Å². The summed E-state index contributed by atoms with van der Waals surface area (Å²) in [5.41, 5.74) is 8.27. The summed E-state index contributed by atoms with van der Waals surface area (Å²) in [6.45, 7) is 0. The van der Waals surface area contributed by atoms with Crippen molar-refractivity contribution < 1.29 is 9.53 Å². The maximum atomic E-state index is 12.6. The van der Waals surface area contributed by atoms with Crippen LogP contribution in [0.5, 0.6) is 11.5 Å². The zero-order chi connectivity index (χ0) is 20.9. The zero-order valence-corrected chi connectivity index (χ0v) is 16.4. The molecule has 30 heavy (non-hydrogen) atoms. The predicted molar refractivity (Wildman–Crippen MR) is 114 cm³/mol. The van der Waals surface area contributed by atoms with Crippen LogP contribution in [0.4, 0.5) is 16.2 Å². The fourth-order valence-corrected chi connectivity index (χ4v) is 3.19. The number of urea groups is 1. The Kier molecular flexibility index (Phi) is 5.50. The van der Waals surface area contributed by atoms with Gasteiger partial charge in [-0.15, -0.1) is 0 Å². The van der Waals surface area contributed by atoms with Crippen LogP contribution in [0.2, 0.25) is 5.02 Å². The lowest BCUT2D eigenvalue weighted by atomic mass is 10.1. The molecule has 0 spiro atoms. The number of fused-ring (bicyclic) bond motifs is 1. The van der Waals surface area contributed by atoms with E-state index in [1.54, 1.807) is 35.4 Å². The van der Waals surface area contributed by atoms with Gasteiger partial charge in [0.25, 0.3) is 0 Å². The fourth-order valence-electron chi connectivity index (χ4n) is 2.97. The maximum Gasteiger partial charge on any atom is 0.344 e. The van der Waals surface area contributed by atoms with Gasteiger partial charge >= 0.3 is 6.03 Å². The van der Waals surface area contributed by atoms with Gasteiger partial charge in [-0.25, -0.2) is 9.78 Å². The van der Waals surface area contributed by atoms with Crippen molar-refractivity contribution in [1.82, 2.24) is 10.4 Å². The molecule has 0 fully saturated rings. The number of allylic oxidation sites excluding steroid dienone is 1. The molecule has 2 N–H and O–H groups in total. The average molecular weight is 418 g/mol. The Morgan fingerprint density at radius 3 is 2.90 bits per heavy atom. The Bertz CT molecular complexity index is 1170. The molecule has 2 amide bonds. The first-order valence-corrected chi connectivity index (χ1v) is 9.45. The number of halogens is 1. The van der Waals surface area contributed by atoms with Crippen molar-refractivity contribution in [3.05, 3.63) is 89.4 Å². The van der Waals surface area contributed by atoms with Gasteiger partial charge in [-0.2, -0.15) is 5.26 Å². The molecular formula is C22H16ClN5O2. The van der Waals surface area contributed by atoms with Crippen LogP contribution in [0.25, 0.3) is 0 Å². The number of nitriles is 1. The molecule has 1 aliphatic heterocycles. The molecule has 148 valence electrons. The van der Waals surface area contributed by atoms with E-state index in [1.165, 1.54) is 12.3 Å². The van der Waals surface area contributed by atoms with E-state index in [-0.39, 0.29) is 11.7 Å². The van der Waals surface area contributed by atoms with Crippen molar-refractivity contribution in [1.29, 1.82) is 5.26 Å². The van der Waals surface area contributed by atoms with Crippen LogP contribution in [0.15, 0.2) is 73.1 Å². The molecule has 2 aromatic carbocycles. The highest BCUT2D eigenvalue weighted by Gasteiger charge is 2.18. The maximum absolute atomic E-state index is 12.6. The molecule has 0 saturated carbocycles. The number of hydrazine groups is 1. The number of para-hydroxylation sites is 1. The smallest absolute Gasteiger partial charge is 0.344 e. The lowest BCUT2D eigenvalue weighted by Crippen LogP contribution is -2.40. The van der Waals surface area contributed by atoms with Crippen LogP contribution in [-0.2, 0) is 6.42 Å². The topological polar surface area (TPSA) is 90.3 Å². The first kappa shape index (κ1) is 19.3. The van der Waals surface area contributed by atoms with E-state index in [4.69, 9.17) is 21.6 Å². The van der Waals surface area contributed by atoms with Gasteiger partial charge in [0.2, 0.25) is 0 Å². The number of nitrogens with one attached hydrogen (secondary N) is 2. The monoisotopic (exact) mass is 417 g/mol. The highest BCUT2D eigenvalue weighted by molar-refractivity contribution is 6.32. The third kappa shape index (κ3) is 4.19. The SMILES string of the molecule is N#Cc1cc(Oc2ccc(NNC(=O)N3C=CCc4ccccc43)cc2Cl)ccn1. The molecule has 0 aliphatic carbocycles. The largest absolute Gasteiger partial charge is 0.456 e. The van der Waals surface area contributed by atoms with Crippen LogP contribution in [0.1, 0.15) is 11.3 Å². The minimum atomic E-state index is -0.323. The summed E-state index contributed by atoms with van der Waals surface area (Å²) in [6, 6.07) is 17.5. The number of rotatable bonds is 4. The Morgan fingerprint density at radius 1 is 1.20 bits per heavy atom. The summed E-state index contributed by atoms with van der Waals surface area (Å²) in [4.78, 5) is 18.0. The van der Waals surface area contributed by atoms with Crippen molar-refractivity contribution in [2.75, 3.05) is 10.3 Å². The van der Waals surface area contributed by atoms with Gasteiger partial charge in [0.05, 0.1) is 16.4 Å². The van der Waals surface area contributed by atoms with Crippen molar-refractivity contribution in [2.24, 2.45) is 0 Å². The minimum absolute atomic E-state index is 0.248. The number of anilines is 2. The summed E-state index contributed by atoms with van der Waals surface area (Å²) >= 11 is 6.30. The zero-order valence-electron chi connectivity index (χ0n) is 15.7. The number of amides is 2. The molecule has 0 saturated heterocycles. The molecule has 0 atom stereocenters. The second-order valence-electron chi connectivity index (χ2n) is 6.38. The number of hydrogen-bond donors (Lipinski definition) is 2. The number of ether oxygens (including phenoxy) is 1. The number of carbonyl (C=O) groups is 1. The number of hydrogen-bond acceptors (Lipinski definition) is 5. The summed E-state index contributed by atoms with van der Waals surface area (Å²) in [7, 11) is 0. The Morgan fingerprint density at radius 2 is 2.07 bits per heavy atom. The molecule has 0 radical (unpaired) electrons. The number of carbonyl (C=O) groups excluding carboxylic acids is 1. The van der Waals surface area contributed by atoms with Gasteiger partial charge in [-0.3, -0.25) is 15.8 Å². The molecule has 3 aromatic rings. The van der Waals surface area contributed by atoms with E-state index >= 15 is 0 Å². The van der Waals surface area contributed by atoms with E-state index in [9.17, 15) is 4.79 Å². The summed E-state index contributed by atoms with van der Waals surface area (Å²) in [6.07, 6.45) is 5.95. The quantitative estimate of drug-likeness (QED) is 0.582. The molecular weight excluding hydrogens is 402 g/mol. The van der Waals surface area contributed by atoms with Crippen molar-refractivity contribution >= 4 is 29.0 Å². The third-order valence-electron chi connectivity index (χ3n) is 4.38. The third-order valence-corrected chi connectivity index (χ3v) is 4.68.